The Bertz CT molecular complexity index is 1020. The van der Waals surface area contributed by atoms with E-state index in [2.05, 4.69) is 10.2 Å². The van der Waals surface area contributed by atoms with Crippen LogP contribution in [0.1, 0.15) is 22.3 Å². The largest absolute Gasteiger partial charge is 0.545 e. The quantitative estimate of drug-likeness (QED) is 0.331. The van der Waals surface area contributed by atoms with Crippen LogP contribution in [0.15, 0.2) is 58.7 Å². The van der Waals surface area contributed by atoms with Crippen LogP contribution >= 0.6 is 23.4 Å². The molecule has 0 unspecified atom stereocenters. The maximum Gasteiger partial charge on any atom is 0.247 e. The van der Waals surface area contributed by atoms with E-state index >= 15 is 0 Å². The van der Waals surface area contributed by atoms with Crippen LogP contribution in [0.2, 0.25) is 5.02 Å². The molecule has 148 valence electrons. The van der Waals surface area contributed by atoms with Crippen molar-refractivity contribution in [2.24, 2.45) is 15.9 Å². The number of amidine groups is 1. The molecule has 1 saturated heterocycles. The van der Waals surface area contributed by atoms with E-state index in [1.54, 1.807) is 24.3 Å². The highest BCUT2D eigenvalue weighted by Gasteiger charge is 2.40. The van der Waals surface area contributed by atoms with E-state index in [4.69, 9.17) is 17.3 Å². The number of nitrogens with zero attached hydrogens (tertiary/aromatic N) is 3. The first-order valence-corrected chi connectivity index (χ1v) is 9.58. The van der Waals surface area contributed by atoms with Crippen molar-refractivity contribution in [2.75, 3.05) is 4.90 Å². The predicted octanol–water partition coefficient (Wildman–Crippen LogP) is 1.42. The minimum absolute atomic E-state index is 0.0219. The number of benzene rings is 2. The summed E-state index contributed by atoms with van der Waals surface area (Å²) < 4.78 is 0. The molecule has 1 aliphatic heterocycles. The highest BCUT2D eigenvalue weighted by molar-refractivity contribution is 8.14. The number of carbonyl (C=O) groups excluding carboxylic acids is 3. The fourth-order valence-corrected chi connectivity index (χ4v) is 3.61. The second kappa shape index (κ2) is 8.89. The Morgan fingerprint density at radius 2 is 1.90 bits per heavy atom. The van der Waals surface area contributed by atoms with Crippen molar-refractivity contribution in [2.45, 2.75) is 11.7 Å². The van der Waals surface area contributed by atoms with Crippen molar-refractivity contribution >= 4 is 58.2 Å². The second-order valence-electron chi connectivity index (χ2n) is 5.92. The third-order valence-electron chi connectivity index (χ3n) is 3.99. The smallest absolute Gasteiger partial charge is 0.247 e. The summed E-state index contributed by atoms with van der Waals surface area (Å²) in [5.41, 5.74) is 6.70. The zero-order valence-electron chi connectivity index (χ0n) is 14.8. The van der Waals surface area contributed by atoms with Gasteiger partial charge >= 0.3 is 0 Å². The first-order chi connectivity index (χ1) is 13.9. The third kappa shape index (κ3) is 4.82. The molecule has 0 saturated carbocycles. The summed E-state index contributed by atoms with van der Waals surface area (Å²) in [5, 5.41) is 18.3. The average molecular weight is 430 g/mol. The van der Waals surface area contributed by atoms with Gasteiger partial charge in [0, 0.05) is 17.0 Å². The van der Waals surface area contributed by atoms with Crippen molar-refractivity contribution in [3.8, 4) is 0 Å². The summed E-state index contributed by atoms with van der Waals surface area (Å²) in [7, 11) is 0. The average Bonchev–Trinajstić information content (AvgIpc) is 2.96. The Labute approximate surface area is 175 Å². The van der Waals surface area contributed by atoms with Crippen LogP contribution in [0, 0.1) is 0 Å². The molecule has 8 nitrogen and oxygen atoms in total. The van der Waals surface area contributed by atoms with E-state index in [1.165, 1.54) is 30.5 Å². The number of rotatable bonds is 5. The van der Waals surface area contributed by atoms with Gasteiger partial charge in [-0.25, -0.2) is 4.90 Å². The number of hydrogen-bond donors (Lipinski definition) is 1. The summed E-state index contributed by atoms with van der Waals surface area (Å²) in [4.78, 5) is 36.7. The minimum Gasteiger partial charge on any atom is -0.545 e. The molecule has 1 aliphatic rings. The molecule has 10 heteroatoms. The van der Waals surface area contributed by atoms with E-state index in [0.717, 1.165) is 16.7 Å². The number of imide groups is 1. The lowest BCUT2D eigenvalue weighted by Gasteiger charge is -2.15. The molecule has 2 aromatic rings. The normalized spacial score (nSPS) is 17.3. The van der Waals surface area contributed by atoms with Crippen LogP contribution in [-0.2, 0) is 9.59 Å². The molecular formula is C19H14ClN4O4S-. The van der Waals surface area contributed by atoms with Crippen LogP contribution in [0.3, 0.4) is 0 Å². The molecular weight excluding hydrogens is 416 g/mol. The first kappa shape index (κ1) is 20.6. The highest BCUT2D eigenvalue weighted by Crippen LogP contribution is 2.29. The summed E-state index contributed by atoms with van der Waals surface area (Å²) in [6.07, 6.45) is 1.37. The molecule has 1 atom stereocenters. The van der Waals surface area contributed by atoms with Crippen molar-refractivity contribution in [3.05, 3.63) is 64.7 Å². The van der Waals surface area contributed by atoms with Gasteiger partial charge in [0.05, 0.1) is 17.9 Å². The number of carboxylic acid groups (broad SMARTS) is 1. The molecule has 0 radical (unpaired) electrons. The number of carboxylic acids is 1. The Morgan fingerprint density at radius 1 is 1.21 bits per heavy atom. The lowest BCUT2D eigenvalue weighted by molar-refractivity contribution is -0.255. The summed E-state index contributed by atoms with van der Waals surface area (Å²) >= 11 is 6.94. The molecule has 3 rings (SSSR count). The molecule has 0 spiro atoms. The molecule has 2 amide bonds. The molecule has 0 bridgehead atoms. The van der Waals surface area contributed by atoms with Crippen LogP contribution < -0.4 is 15.7 Å². The Kier molecular flexibility index (Phi) is 6.30. The monoisotopic (exact) mass is 429 g/mol. The van der Waals surface area contributed by atoms with Gasteiger partial charge in [0.15, 0.2) is 5.17 Å². The van der Waals surface area contributed by atoms with Gasteiger partial charge in [-0.1, -0.05) is 53.7 Å². The number of nitrogens with two attached hydrogens (primary N) is 1. The molecule has 1 heterocycles. The lowest BCUT2D eigenvalue weighted by Crippen LogP contribution is -2.32. The Morgan fingerprint density at radius 3 is 2.55 bits per heavy atom. The van der Waals surface area contributed by atoms with Gasteiger partial charge in [0.2, 0.25) is 11.8 Å². The molecule has 0 aliphatic carbocycles. The molecule has 1 fully saturated rings. The van der Waals surface area contributed by atoms with Gasteiger partial charge in [0.1, 0.15) is 5.25 Å². The van der Waals surface area contributed by atoms with Gasteiger partial charge in [0.25, 0.3) is 0 Å². The number of amides is 2. The van der Waals surface area contributed by atoms with Gasteiger partial charge in [-0.2, -0.15) is 5.10 Å². The van der Waals surface area contributed by atoms with Crippen molar-refractivity contribution in [1.29, 1.82) is 0 Å². The van der Waals surface area contributed by atoms with E-state index < -0.39 is 23.0 Å². The number of carbonyl (C=O) groups is 3. The van der Waals surface area contributed by atoms with Gasteiger partial charge in [-0.15, -0.1) is 5.10 Å². The summed E-state index contributed by atoms with van der Waals surface area (Å²) in [6.45, 7) is 0. The van der Waals surface area contributed by atoms with Crippen molar-refractivity contribution in [1.82, 2.24) is 0 Å². The first-order valence-electron chi connectivity index (χ1n) is 8.32. The van der Waals surface area contributed by atoms with Gasteiger partial charge < -0.3 is 15.6 Å². The second-order valence-corrected chi connectivity index (χ2v) is 7.55. The number of anilines is 1. The van der Waals surface area contributed by atoms with Crippen LogP contribution in [0.4, 0.5) is 5.69 Å². The number of hydrogen-bond acceptors (Lipinski definition) is 7. The number of thioether (sulfide) groups is 1. The topological polar surface area (TPSA) is 128 Å². The highest BCUT2D eigenvalue weighted by atomic mass is 35.5. The standard InChI is InChI=1S/C19H15ClN4O4S/c20-14-4-2-1-3-12(14)10-22-23-19(21)29-15-9-16(25)24(17(15)26)13-7-5-11(6-8-13)18(27)28/h1-8,10,15H,9H2,(H2,21,23)(H,27,28)/p-1/b22-10-/t15-/m1/s1. The van der Waals surface area contributed by atoms with E-state index in [0.29, 0.717) is 10.6 Å². The SMILES string of the molecule is NC(=N/N=C\c1ccccc1Cl)S[C@@H]1CC(=O)N(c2ccc(C(=O)[O-])cc2)C1=O. The molecule has 2 N–H and O–H groups in total. The van der Waals surface area contributed by atoms with Gasteiger partial charge in [-0.05, 0) is 23.8 Å². The van der Waals surface area contributed by atoms with Crippen LogP contribution in [0.5, 0.6) is 0 Å². The molecule has 0 aromatic heterocycles. The van der Waals surface area contributed by atoms with Crippen molar-refractivity contribution < 1.29 is 19.5 Å². The third-order valence-corrected chi connectivity index (χ3v) is 5.31. The molecule has 2 aromatic carbocycles. The lowest BCUT2D eigenvalue weighted by atomic mass is 10.2. The summed E-state index contributed by atoms with van der Waals surface area (Å²) in [6, 6.07) is 12.3. The van der Waals surface area contributed by atoms with Crippen LogP contribution in [-0.4, -0.2) is 34.4 Å². The van der Waals surface area contributed by atoms with Crippen LogP contribution in [0.25, 0.3) is 0 Å². The zero-order chi connectivity index (χ0) is 21.0. The zero-order valence-corrected chi connectivity index (χ0v) is 16.4. The minimum atomic E-state index is -1.34. The maximum atomic E-state index is 12.6. The predicted molar refractivity (Wildman–Crippen MR) is 110 cm³/mol. The Balaban J connectivity index is 1.67. The van der Waals surface area contributed by atoms with Gasteiger partial charge in [-0.3, -0.25) is 9.59 Å². The maximum absolute atomic E-state index is 12.6. The summed E-state index contributed by atoms with van der Waals surface area (Å²) in [5.74, 6) is -2.22. The van der Waals surface area contributed by atoms with E-state index in [-0.39, 0.29) is 22.8 Å². The molecule has 29 heavy (non-hydrogen) atoms. The Hall–Kier alpha value is -3.17. The van der Waals surface area contributed by atoms with E-state index in [1.807, 2.05) is 0 Å². The van der Waals surface area contributed by atoms with Crippen molar-refractivity contribution in [3.63, 3.8) is 0 Å². The number of halogens is 1. The fourth-order valence-electron chi connectivity index (χ4n) is 2.61. The fraction of sp³-hybridized carbons (Fsp3) is 0.105. The number of aromatic carboxylic acids is 1. The van der Waals surface area contributed by atoms with E-state index in [9.17, 15) is 19.5 Å².